The molecule has 2 rings (SSSR count). The van der Waals surface area contributed by atoms with Crippen molar-refractivity contribution in [1.29, 1.82) is 0 Å². The van der Waals surface area contributed by atoms with Crippen molar-refractivity contribution in [3.63, 3.8) is 0 Å². The van der Waals surface area contributed by atoms with Gasteiger partial charge in [-0.15, -0.1) is 0 Å². The van der Waals surface area contributed by atoms with E-state index in [4.69, 9.17) is 4.74 Å². The van der Waals surface area contributed by atoms with E-state index in [1.165, 1.54) is 38.8 Å². The van der Waals surface area contributed by atoms with Crippen molar-refractivity contribution in [3.05, 3.63) is 0 Å². The first-order valence-electron chi connectivity index (χ1n) is 5.16. The van der Waals surface area contributed by atoms with Crippen LogP contribution in [0.2, 0.25) is 0 Å². The third-order valence-corrected chi connectivity index (χ3v) is 3.25. The molecule has 0 spiro atoms. The first-order valence-corrected chi connectivity index (χ1v) is 5.16. The van der Waals surface area contributed by atoms with Crippen LogP contribution in [0.25, 0.3) is 0 Å². The molecule has 1 atom stereocenters. The lowest BCUT2D eigenvalue weighted by molar-refractivity contribution is 0.0360. The van der Waals surface area contributed by atoms with Crippen molar-refractivity contribution in [2.24, 2.45) is 5.92 Å². The fourth-order valence-electron chi connectivity index (χ4n) is 2.37. The van der Waals surface area contributed by atoms with Gasteiger partial charge in [0.25, 0.3) is 0 Å². The lowest BCUT2D eigenvalue weighted by Gasteiger charge is -2.31. The van der Waals surface area contributed by atoms with E-state index in [0.29, 0.717) is 6.10 Å². The summed E-state index contributed by atoms with van der Waals surface area (Å²) >= 11 is 0. The second-order valence-electron chi connectivity index (χ2n) is 4.19. The number of hydrogen-bond donors (Lipinski definition) is 0. The number of rotatable bonds is 1. The van der Waals surface area contributed by atoms with Crippen molar-refractivity contribution in [2.45, 2.75) is 31.8 Å². The molecule has 0 aliphatic carbocycles. The average Bonchev–Trinajstić information content (AvgIpc) is 2.58. The van der Waals surface area contributed by atoms with E-state index in [1.807, 2.05) is 0 Å². The van der Waals surface area contributed by atoms with E-state index in [-0.39, 0.29) is 0 Å². The Balaban J connectivity index is 1.80. The highest BCUT2D eigenvalue weighted by molar-refractivity contribution is 4.79. The maximum atomic E-state index is 5.71. The van der Waals surface area contributed by atoms with Gasteiger partial charge in [-0.05, 0) is 51.7 Å². The van der Waals surface area contributed by atoms with Crippen LogP contribution in [0.4, 0.5) is 0 Å². The van der Waals surface area contributed by atoms with E-state index in [0.717, 1.165) is 12.5 Å². The summed E-state index contributed by atoms with van der Waals surface area (Å²) in [6, 6.07) is 0. The van der Waals surface area contributed by atoms with Gasteiger partial charge in [-0.1, -0.05) is 0 Å². The Bertz CT molecular complexity index is 135. The van der Waals surface area contributed by atoms with Crippen LogP contribution in [-0.2, 0) is 4.74 Å². The van der Waals surface area contributed by atoms with Gasteiger partial charge in [-0.25, -0.2) is 0 Å². The Kier molecular flexibility index (Phi) is 2.66. The van der Waals surface area contributed by atoms with E-state index in [9.17, 15) is 0 Å². The second-order valence-corrected chi connectivity index (χ2v) is 4.19. The Morgan fingerprint density at radius 3 is 2.50 bits per heavy atom. The summed E-state index contributed by atoms with van der Waals surface area (Å²) in [6.07, 6.45) is 5.91. The van der Waals surface area contributed by atoms with Crippen LogP contribution < -0.4 is 0 Å². The van der Waals surface area contributed by atoms with Crippen molar-refractivity contribution < 1.29 is 4.74 Å². The Morgan fingerprint density at radius 2 is 1.92 bits per heavy atom. The van der Waals surface area contributed by atoms with Crippen LogP contribution in [0.5, 0.6) is 0 Å². The number of hydrogen-bond acceptors (Lipinski definition) is 2. The molecular formula is C10H19NO. The van der Waals surface area contributed by atoms with Crippen molar-refractivity contribution in [3.8, 4) is 0 Å². The van der Waals surface area contributed by atoms with Crippen molar-refractivity contribution in [2.75, 3.05) is 26.7 Å². The fraction of sp³-hybridized carbons (Fsp3) is 1.00. The first-order chi connectivity index (χ1) is 5.86. The van der Waals surface area contributed by atoms with Gasteiger partial charge in [-0.3, -0.25) is 0 Å². The molecule has 2 aliphatic rings. The molecule has 2 nitrogen and oxygen atoms in total. The molecule has 0 saturated carbocycles. The molecule has 12 heavy (non-hydrogen) atoms. The number of piperidine rings is 1. The summed E-state index contributed by atoms with van der Waals surface area (Å²) < 4.78 is 5.71. The molecule has 0 radical (unpaired) electrons. The summed E-state index contributed by atoms with van der Waals surface area (Å²) in [4.78, 5) is 2.42. The van der Waals surface area contributed by atoms with Gasteiger partial charge in [0.2, 0.25) is 0 Å². The van der Waals surface area contributed by atoms with Crippen LogP contribution >= 0.6 is 0 Å². The molecule has 2 aliphatic heterocycles. The topological polar surface area (TPSA) is 12.5 Å². The Labute approximate surface area is 74.9 Å². The highest BCUT2D eigenvalue weighted by Crippen LogP contribution is 2.28. The summed E-state index contributed by atoms with van der Waals surface area (Å²) in [6.45, 7) is 3.55. The minimum atomic E-state index is 0.610. The molecule has 2 heterocycles. The molecule has 2 saturated heterocycles. The number of ether oxygens (including phenoxy) is 1. The second kappa shape index (κ2) is 3.75. The lowest BCUT2D eigenvalue weighted by atomic mass is 9.90. The molecular weight excluding hydrogens is 150 g/mol. The monoisotopic (exact) mass is 169 g/mol. The molecule has 0 aromatic rings. The normalized spacial score (nSPS) is 34.2. The van der Waals surface area contributed by atoms with Gasteiger partial charge in [0.1, 0.15) is 0 Å². The standard InChI is InChI=1S/C10H19NO/c1-11-6-4-9(5-7-11)10-3-2-8-12-10/h9-10H,2-8H2,1H3. The summed E-state index contributed by atoms with van der Waals surface area (Å²) in [5.74, 6) is 0.865. The molecule has 0 amide bonds. The zero-order valence-electron chi connectivity index (χ0n) is 7.96. The quantitative estimate of drug-likeness (QED) is 0.590. The number of likely N-dealkylation sites (tertiary alicyclic amines) is 1. The average molecular weight is 169 g/mol. The number of nitrogens with zero attached hydrogens (tertiary/aromatic N) is 1. The third kappa shape index (κ3) is 1.80. The maximum Gasteiger partial charge on any atom is 0.0605 e. The summed E-state index contributed by atoms with van der Waals surface area (Å²) in [5, 5.41) is 0. The minimum absolute atomic E-state index is 0.610. The zero-order valence-corrected chi connectivity index (χ0v) is 7.96. The van der Waals surface area contributed by atoms with Crippen molar-refractivity contribution >= 4 is 0 Å². The van der Waals surface area contributed by atoms with E-state index >= 15 is 0 Å². The highest BCUT2D eigenvalue weighted by Gasteiger charge is 2.28. The maximum absolute atomic E-state index is 5.71. The molecule has 0 aromatic heterocycles. The highest BCUT2D eigenvalue weighted by atomic mass is 16.5. The lowest BCUT2D eigenvalue weighted by Crippen LogP contribution is -2.35. The van der Waals surface area contributed by atoms with Crippen LogP contribution in [-0.4, -0.2) is 37.7 Å². The molecule has 2 heteroatoms. The Morgan fingerprint density at radius 1 is 1.17 bits per heavy atom. The molecule has 70 valence electrons. The first kappa shape index (κ1) is 8.52. The van der Waals surface area contributed by atoms with Gasteiger partial charge in [0, 0.05) is 6.61 Å². The summed E-state index contributed by atoms with van der Waals surface area (Å²) in [7, 11) is 2.21. The van der Waals surface area contributed by atoms with E-state index < -0.39 is 0 Å². The largest absolute Gasteiger partial charge is 0.378 e. The fourth-order valence-corrected chi connectivity index (χ4v) is 2.37. The molecule has 1 unspecified atom stereocenters. The van der Waals surface area contributed by atoms with Crippen molar-refractivity contribution in [1.82, 2.24) is 4.90 Å². The summed E-state index contributed by atoms with van der Waals surface area (Å²) in [5.41, 5.74) is 0. The van der Waals surface area contributed by atoms with Gasteiger partial charge in [0.15, 0.2) is 0 Å². The Hall–Kier alpha value is -0.0800. The molecule has 0 N–H and O–H groups in total. The van der Waals surface area contributed by atoms with Crippen LogP contribution in [0.1, 0.15) is 25.7 Å². The minimum Gasteiger partial charge on any atom is -0.378 e. The van der Waals surface area contributed by atoms with Gasteiger partial charge in [-0.2, -0.15) is 0 Å². The van der Waals surface area contributed by atoms with Crippen LogP contribution in [0.3, 0.4) is 0 Å². The van der Waals surface area contributed by atoms with Crippen LogP contribution in [0, 0.1) is 5.92 Å². The van der Waals surface area contributed by atoms with E-state index in [1.54, 1.807) is 0 Å². The smallest absolute Gasteiger partial charge is 0.0605 e. The van der Waals surface area contributed by atoms with Gasteiger partial charge in [0.05, 0.1) is 6.10 Å². The molecule has 0 aromatic carbocycles. The molecule has 0 bridgehead atoms. The van der Waals surface area contributed by atoms with Gasteiger partial charge >= 0.3 is 0 Å². The zero-order chi connectivity index (χ0) is 8.39. The van der Waals surface area contributed by atoms with Crippen LogP contribution in [0.15, 0.2) is 0 Å². The third-order valence-electron chi connectivity index (χ3n) is 3.25. The molecule has 2 fully saturated rings. The van der Waals surface area contributed by atoms with Gasteiger partial charge < -0.3 is 9.64 Å². The SMILES string of the molecule is CN1CCC(C2CCCO2)CC1. The predicted octanol–water partition coefficient (Wildman–Crippen LogP) is 1.51. The van der Waals surface area contributed by atoms with E-state index in [2.05, 4.69) is 11.9 Å². The predicted molar refractivity (Wildman–Crippen MR) is 49.2 cm³/mol.